The molecule has 0 saturated carbocycles. The van der Waals surface area contributed by atoms with Crippen LogP contribution in [0.25, 0.3) is 0 Å². The Hall–Kier alpha value is 0.630. The minimum atomic E-state index is -4.51. The maximum Gasteiger partial charge on any atom is 0.339 e. The largest absolute Gasteiger partial charge is 0.339 e. The predicted molar refractivity (Wildman–Crippen MR) is 146 cm³/mol. The van der Waals surface area contributed by atoms with E-state index in [1.165, 1.54) is 0 Å². The van der Waals surface area contributed by atoms with Gasteiger partial charge in [-0.3, -0.25) is 37.5 Å². The number of nitrogens with zero attached hydrogens (tertiary/aromatic N) is 3. The van der Waals surface area contributed by atoms with Crippen LogP contribution >= 0.6 is 38.0 Å². The Morgan fingerprint density at radius 2 is 0.475 bits per heavy atom. The summed E-state index contributed by atoms with van der Waals surface area (Å²) >= 11 is 0. The first kappa shape index (κ1) is 40.6. The molecule has 0 aliphatic heterocycles. The van der Waals surface area contributed by atoms with Crippen LogP contribution in [0.5, 0.6) is 0 Å². The molecule has 242 valence electrons. The fourth-order valence-electron chi connectivity index (χ4n) is 3.98. The Morgan fingerprint density at radius 1 is 0.300 bits per heavy atom. The third-order valence-corrected chi connectivity index (χ3v) is 9.16. The van der Waals surface area contributed by atoms with E-state index in [-0.39, 0.29) is 13.1 Å². The summed E-state index contributed by atoms with van der Waals surface area (Å²) < 4.78 is 56.3. The molecule has 0 rings (SSSR count). The quantitative estimate of drug-likeness (QED) is 0.0494. The van der Waals surface area contributed by atoms with Crippen LogP contribution in [0.2, 0.25) is 0 Å². The van der Waals surface area contributed by atoms with Crippen molar-refractivity contribution in [3.05, 3.63) is 0 Å². The summed E-state index contributed by atoms with van der Waals surface area (Å²) in [5, 5.41) is 0. The highest BCUT2D eigenvalue weighted by Gasteiger charge is 2.26. The molecule has 23 heteroatoms. The van der Waals surface area contributed by atoms with Crippen LogP contribution in [0.3, 0.4) is 0 Å². The molecule has 40 heavy (non-hydrogen) atoms. The van der Waals surface area contributed by atoms with Gasteiger partial charge in [-0.2, -0.15) is 0 Å². The fourth-order valence-corrected chi connectivity index (χ4v) is 8.15. The smallest absolute Gasteiger partial charge is 0.324 e. The third kappa shape index (κ3) is 28.7. The van der Waals surface area contributed by atoms with E-state index in [9.17, 15) is 32.6 Å². The van der Waals surface area contributed by atoms with E-state index in [4.69, 9.17) is 39.1 Å². The van der Waals surface area contributed by atoms with E-state index in [2.05, 4.69) is 0 Å². The molecule has 0 aromatic carbocycles. The molecule has 0 bridgehead atoms. The van der Waals surface area contributed by atoms with Gasteiger partial charge in [0.15, 0.2) is 0 Å². The number of rotatable bonds is 24. The Morgan fingerprint density at radius 3 is 0.675 bits per heavy atom. The van der Waals surface area contributed by atoms with Crippen LogP contribution in [0.15, 0.2) is 0 Å². The first-order valence-electron chi connectivity index (χ1n) is 12.3. The maximum atomic E-state index is 11.5. The Kier molecular flexibility index (Phi) is 18.7. The molecule has 18 nitrogen and oxygen atoms in total. The number of hydrogen-bond donors (Lipinski definition) is 10. The molecule has 0 radical (unpaired) electrons. The first-order valence-corrected chi connectivity index (χ1v) is 21.3. The molecule has 0 amide bonds. The average Bonchev–Trinajstić information content (AvgIpc) is 2.66. The Labute approximate surface area is 233 Å². The molecule has 0 unspecified atom stereocenters. The van der Waals surface area contributed by atoms with Crippen molar-refractivity contribution >= 4 is 38.0 Å². The monoisotopic (exact) mass is 685 g/mol. The van der Waals surface area contributed by atoms with Gasteiger partial charge < -0.3 is 48.9 Å². The van der Waals surface area contributed by atoms with Crippen LogP contribution < -0.4 is 0 Å². The normalized spacial score (nSPS) is 14.1. The minimum Gasteiger partial charge on any atom is -0.324 e. The summed E-state index contributed by atoms with van der Waals surface area (Å²) in [6.07, 6.45) is 0.664. The second kappa shape index (κ2) is 18.4. The van der Waals surface area contributed by atoms with Gasteiger partial charge in [0.1, 0.15) is 31.4 Å². The zero-order valence-electron chi connectivity index (χ0n) is 22.1. The Balaban J connectivity index is 4.52. The van der Waals surface area contributed by atoms with Gasteiger partial charge in [-0.25, -0.2) is 0 Å². The molecule has 0 saturated heterocycles. The van der Waals surface area contributed by atoms with Crippen LogP contribution in [0.1, 0.15) is 51.4 Å². The SMILES string of the molecule is O=P(O)(O)CN(CCCCCCN(CP(=O)(O)O)CP(=O)(O)O)CCCCCCN(CP(=O)(O)O)CP(=O)(O)O. The van der Waals surface area contributed by atoms with Gasteiger partial charge >= 0.3 is 38.0 Å². The highest BCUT2D eigenvalue weighted by atomic mass is 31.2. The highest BCUT2D eigenvalue weighted by molar-refractivity contribution is 7.53. The van der Waals surface area contributed by atoms with Gasteiger partial charge in [-0.1, -0.05) is 25.7 Å². The molecule has 0 heterocycles. The standard InChI is InChI=1S/C17H44N3O15P5/c21-36(22,23)13-18(9-5-1-3-7-11-19(14-37(24,25)26)15-38(27,28)29)10-6-2-4-8-12-20(16-39(30,31)32)17-40(33,34)35/h1-17H2,(H2,21,22,23)(H2,24,25,26)(H2,27,28,29)(H2,30,31,32)(H2,33,34,35). The maximum absolute atomic E-state index is 11.5. The number of hydrogen-bond acceptors (Lipinski definition) is 8. The highest BCUT2D eigenvalue weighted by Crippen LogP contribution is 2.42. The van der Waals surface area contributed by atoms with Crippen molar-refractivity contribution in [1.29, 1.82) is 0 Å². The Bertz CT molecular complexity index is 846. The van der Waals surface area contributed by atoms with E-state index in [1.807, 2.05) is 0 Å². The lowest BCUT2D eigenvalue weighted by Gasteiger charge is -2.24. The molecule has 0 atom stereocenters. The van der Waals surface area contributed by atoms with Crippen molar-refractivity contribution in [2.75, 3.05) is 57.6 Å². The van der Waals surface area contributed by atoms with E-state index in [0.29, 0.717) is 64.5 Å². The van der Waals surface area contributed by atoms with Gasteiger partial charge in [-0.15, -0.1) is 0 Å². The topological polar surface area (TPSA) is 297 Å². The van der Waals surface area contributed by atoms with E-state index < -0.39 is 69.4 Å². The fraction of sp³-hybridized carbons (Fsp3) is 1.00. The van der Waals surface area contributed by atoms with Crippen LogP contribution in [-0.4, -0.2) is 121 Å². The van der Waals surface area contributed by atoms with Crippen molar-refractivity contribution in [2.24, 2.45) is 0 Å². The lowest BCUT2D eigenvalue weighted by Crippen LogP contribution is -2.28. The van der Waals surface area contributed by atoms with Gasteiger partial charge in [0.05, 0.1) is 0 Å². The van der Waals surface area contributed by atoms with Crippen molar-refractivity contribution in [1.82, 2.24) is 14.7 Å². The molecule has 10 N–H and O–H groups in total. The summed E-state index contributed by atoms with van der Waals surface area (Å²) in [7, 11) is -22.4. The van der Waals surface area contributed by atoms with Crippen LogP contribution in [0.4, 0.5) is 0 Å². The summed E-state index contributed by atoms with van der Waals surface area (Å²) in [4.78, 5) is 95.1. The molecular weight excluding hydrogens is 641 g/mol. The first-order chi connectivity index (χ1) is 17.9. The second-order valence-electron chi connectivity index (χ2n) is 9.77. The lowest BCUT2D eigenvalue weighted by molar-refractivity contribution is 0.257. The van der Waals surface area contributed by atoms with Gasteiger partial charge in [0.25, 0.3) is 0 Å². The van der Waals surface area contributed by atoms with Crippen LogP contribution in [-0.2, 0) is 22.8 Å². The van der Waals surface area contributed by atoms with E-state index >= 15 is 0 Å². The minimum absolute atomic E-state index is 0.0577. The molecule has 0 spiro atoms. The van der Waals surface area contributed by atoms with Crippen molar-refractivity contribution in [3.63, 3.8) is 0 Å². The zero-order valence-corrected chi connectivity index (χ0v) is 26.6. The molecule has 0 aromatic heterocycles. The predicted octanol–water partition coefficient (Wildman–Crippen LogP) is 0.689. The van der Waals surface area contributed by atoms with E-state index in [0.717, 1.165) is 9.80 Å². The number of unbranched alkanes of at least 4 members (excludes halogenated alkanes) is 6. The van der Waals surface area contributed by atoms with Gasteiger partial charge in [0.2, 0.25) is 0 Å². The van der Waals surface area contributed by atoms with Gasteiger partial charge in [-0.05, 0) is 51.9 Å². The summed E-state index contributed by atoms with van der Waals surface area (Å²) in [5.41, 5.74) is 0. The molecule has 0 aliphatic carbocycles. The molecule has 0 fully saturated rings. The van der Waals surface area contributed by atoms with E-state index in [1.54, 1.807) is 4.90 Å². The summed E-state index contributed by atoms with van der Waals surface area (Å²) in [6.45, 7) is 0.834. The van der Waals surface area contributed by atoms with Gasteiger partial charge in [0, 0.05) is 0 Å². The molecule has 0 aliphatic rings. The zero-order chi connectivity index (χ0) is 31.3. The molecular formula is C17H44N3O15P5. The summed E-state index contributed by atoms with van der Waals surface area (Å²) in [6, 6.07) is 0. The average molecular weight is 685 g/mol. The third-order valence-electron chi connectivity index (χ3n) is 5.32. The summed E-state index contributed by atoms with van der Waals surface area (Å²) in [5.74, 6) is 0. The van der Waals surface area contributed by atoms with Crippen molar-refractivity contribution in [2.45, 2.75) is 51.4 Å². The van der Waals surface area contributed by atoms with Crippen molar-refractivity contribution < 1.29 is 71.8 Å². The van der Waals surface area contributed by atoms with Crippen molar-refractivity contribution in [3.8, 4) is 0 Å². The lowest BCUT2D eigenvalue weighted by atomic mass is 10.1. The van der Waals surface area contributed by atoms with Crippen LogP contribution in [0, 0.1) is 0 Å². The second-order valence-corrected chi connectivity index (χ2v) is 17.8. The molecule has 0 aromatic rings.